The number of carbonyl (C=O) groups is 3. The minimum Gasteiger partial charge on any atom is -0.385 e. The molecule has 64 heavy (non-hydrogen) atoms. The van der Waals surface area contributed by atoms with Crippen LogP contribution >= 0.6 is 0 Å². The summed E-state index contributed by atoms with van der Waals surface area (Å²) in [4.78, 5) is 67.5. The van der Waals surface area contributed by atoms with E-state index in [-0.39, 0.29) is 23.7 Å². The number of piperidine rings is 1. The fourth-order valence-corrected chi connectivity index (χ4v) is 10.6. The zero-order valence-electron chi connectivity index (χ0n) is 36.0. The molecule has 3 N–H and O–H groups in total. The summed E-state index contributed by atoms with van der Waals surface area (Å²) in [5.41, 5.74) is 9.49. The third kappa shape index (κ3) is 6.96. The number of halogens is 1. The van der Waals surface area contributed by atoms with Crippen LogP contribution in [0.15, 0.2) is 71.8 Å². The predicted octanol–water partition coefficient (Wildman–Crippen LogP) is 4.85. The Balaban J connectivity index is 0.744. The molecule has 7 heterocycles. The summed E-state index contributed by atoms with van der Waals surface area (Å²) < 4.78 is 18.3. The van der Waals surface area contributed by atoms with Gasteiger partial charge in [-0.15, -0.1) is 5.10 Å². The lowest BCUT2D eigenvalue weighted by molar-refractivity contribution is -0.135. The molecule has 3 aliphatic heterocycles. The van der Waals surface area contributed by atoms with Crippen LogP contribution in [0.25, 0.3) is 27.9 Å². The van der Waals surface area contributed by atoms with Gasteiger partial charge in [-0.25, -0.2) is 18.7 Å². The highest BCUT2D eigenvalue weighted by molar-refractivity contribution is 6.00. The summed E-state index contributed by atoms with van der Waals surface area (Å²) in [6, 6.07) is 18.2. The van der Waals surface area contributed by atoms with Crippen LogP contribution in [-0.4, -0.2) is 109 Å². The van der Waals surface area contributed by atoms with Crippen molar-refractivity contribution in [2.75, 3.05) is 54.9 Å². The van der Waals surface area contributed by atoms with Gasteiger partial charge in [-0.1, -0.05) is 18.2 Å². The van der Waals surface area contributed by atoms with Crippen molar-refractivity contribution in [2.45, 2.75) is 81.6 Å². The van der Waals surface area contributed by atoms with Crippen molar-refractivity contribution >= 4 is 57.3 Å². The number of alkyl halides is 1. The summed E-state index contributed by atoms with van der Waals surface area (Å²) >= 11 is 0. The highest BCUT2D eigenvalue weighted by Gasteiger charge is 2.40. The first-order valence-electron chi connectivity index (χ1n) is 22.5. The Morgan fingerprint density at radius 2 is 1.70 bits per heavy atom. The fourth-order valence-electron chi connectivity index (χ4n) is 10.6. The van der Waals surface area contributed by atoms with Gasteiger partial charge in [0.05, 0.1) is 34.7 Å². The van der Waals surface area contributed by atoms with Crippen molar-refractivity contribution in [2.24, 2.45) is 7.05 Å². The van der Waals surface area contributed by atoms with E-state index in [0.29, 0.717) is 42.8 Å². The third-order valence-electron chi connectivity index (χ3n) is 14.3. The number of imidazole rings is 2. The molecule has 4 aromatic heterocycles. The van der Waals surface area contributed by atoms with Gasteiger partial charge in [0.15, 0.2) is 17.2 Å². The number of imide groups is 1. The zero-order valence-corrected chi connectivity index (χ0v) is 36.0. The molecular weight excluding hydrogens is 816 g/mol. The van der Waals surface area contributed by atoms with Gasteiger partial charge >= 0.3 is 5.69 Å². The second kappa shape index (κ2) is 15.9. The van der Waals surface area contributed by atoms with Crippen LogP contribution in [0.3, 0.4) is 0 Å². The van der Waals surface area contributed by atoms with Crippen molar-refractivity contribution in [3.63, 3.8) is 0 Å². The molecule has 3 amide bonds. The van der Waals surface area contributed by atoms with Gasteiger partial charge in [0, 0.05) is 94.9 Å². The molecule has 6 aromatic rings. The first-order valence-corrected chi connectivity index (χ1v) is 22.5. The molecule has 16 nitrogen and oxygen atoms in total. The Morgan fingerprint density at radius 3 is 2.47 bits per heavy atom. The minimum atomic E-state index is -1.01. The Kier molecular flexibility index (Phi) is 9.96. The monoisotopic (exact) mass is 866 g/mol. The number of nitrogens with one attached hydrogen (secondary N) is 3. The van der Waals surface area contributed by atoms with Crippen LogP contribution in [0.2, 0.25) is 0 Å². The van der Waals surface area contributed by atoms with E-state index in [1.54, 1.807) is 20.7 Å². The molecule has 0 bridgehead atoms. The van der Waals surface area contributed by atoms with Gasteiger partial charge in [-0.05, 0) is 85.9 Å². The SMILES string of the molecule is CNc1cc(N2CCc3c(-c4cc(N5CCN(C6CCC(c7ccc8c(c7)n(C)c(=O)n8C7CCC(=O)NC7=O)CC6)CC5)ccn4)cccc32)nn2c(C(=O)N[C@@H]3C[C@@H]3F)cnc12. The van der Waals surface area contributed by atoms with E-state index in [4.69, 9.17) is 10.1 Å². The van der Waals surface area contributed by atoms with Crippen molar-refractivity contribution in [1.29, 1.82) is 0 Å². The molecule has 2 saturated heterocycles. The lowest BCUT2D eigenvalue weighted by Crippen LogP contribution is -2.51. The summed E-state index contributed by atoms with van der Waals surface area (Å²) in [6.45, 7) is 4.56. The number of hydrogen-bond acceptors (Lipinski definition) is 11. The number of amides is 3. The Hall–Kier alpha value is -6.62. The number of benzene rings is 2. The molecule has 11 rings (SSSR count). The van der Waals surface area contributed by atoms with Crippen molar-refractivity contribution in [3.8, 4) is 11.3 Å². The maximum Gasteiger partial charge on any atom is 0.329 e. The fraction of sp³-hybridized carbons (Fsp3) is 0.426. The summed E-state index contributed by atoms with van der Waals surface area (Å²) in [7, 11) is 3.57. The summed E-state index contributed by atoms with van der Waals surface area (Å²) in [5.74, 6) is -0.0191. The lowest BCUT2D eigenvalue weighted by atomic mass is 9.81. The van der Waals surface area contributed by atoms with Crippen LogP contribution in [0.5, 0.6) is 0 Å². The second-order valence-corrected chi connectivity index (χ2v) is 17.9. The first-order chi connectivity index (χ1) is 31.1. The molecule has 0 spiro atoms. The quantitative estimate of drug-likeness (QED) is 0.170. The number of pyridine rings is 1. The molecular formula is C47H51FN12O4. The number of fused-ring (bicyclic) bond motifs is 3. The van der Waals surface area contributed by atoms with E-state index in [1.807, 2.05) is 25.4 Å². The van der Waals surface area contributed by atoms with Gasteiger partial charge in [0.2, 0.25) is 11.8 Å². The predicted molar refractivity (Wildman–Crippen MR) is 241 cm³/mol. The number of anilines is 4. The second-order valence-electron chi connectivity index (χ2n) is 17.9. The van der Waals surface area contributed by atoms with E-state index < -0.39 is 30.1 Å². The van der Waals surface area contributed by atoms with Crippen LogP contribution < -0.4 is 31.4 Å². The molecule has 1 unspecified atom stereocenters. The van der Waals surface area contributed by atoms with E-state index in [2.05, 4.69) is 78.1 Å². The van der Waals surface area contributed by atoms with Gasteiger partial charge in [0.25, 0.3) is 5.91 Å². The molecule has 2 saturated carbocycles. The van der Waals surface area contributed by atoms with Gasteiger partial charge < -0.3 is 20.4 Å². The Morgan fingerprint density at radius 1 is 0.891 bits per heavy atom. The number of hydrogen-bond donors (Lipinski definition) is 3. The van der Waals surface area contributed by atoms with Crippen LogP contribution in [-0.2, 0) is 23.1 Å². The minimum absolute atomic E-state index is 0.222. The van der Waals surface area contributed by atoms with Gasteiger partial charge in [-0.3, -0.25) is 38.7 Å². The van der Waals surface area contributed by atoms with Crippen molar-refractivity contribution in [1.82, 2.24) is 44.2 Å². The maximum absolute atomic E-state index is 13.6. The van der Waals surface area contributed by atoms with E-state index in [1.165, 1.54) is 23.0 Å². The lowest BCUT2D eigenvalue weighted by Gasteiger charge is -2.42. The molecule has 3 atom stereocenters. The number of piperazine rings is 1. The number of aryl methyl sites for hydroxylation is 1. The highest BCUT2D eigenvalue weighted by Crippen LogP contribution is 2.41. The molecule has 17 heteroatoms. The van der Waals surface area contributed by atoms with Gasteiger partial charge in [0.1, 0.15) is 12.2 Å². The molecule has 330 valence electrons. The number of nitrogens with zero attached hydrogens (tertiary/aromatic N) is 9. The van der Waals surface area contributed by atoms with Crippen molar-refractivity contribution in [3.05, 3.63) is 94.3 Å². The van der Waals surface area contributed by atoms with E-state index >= 15 is 0 Å². The van der Waals surface area contributed by atoms with Crippen LogP contribution in [0, 0.1) is 0 Å². The topological polar surface area (TPSA) is 167 Å². The van der Waals surface area contributed by atoms with Crippen molar-refractivity contribution < 1.29 is 18.8 Å². The summed E-state index contributed by atoms with van der Waals surface area (Å²) in [5, 5.41) is 13.2. The normalized spacial score (nSPS) is 23.7. The first kappa shape index (κ1) is 40.2. The average molecular weight is 867 g/mol. The van der Waals surface area contributed by atoms with Crippen LogP contribution in [0.4, 0.5) is 27.3 Å². The highest BCUT2D eigenvalue weighted by atomic mass is 19.1. The van der Waals surface area contributed by atoms with Gasteiger partial charge in [-0.2, -0.15) is 0 Å². The van der Waals surface area contributed by atoms with E-state index in [9.17, 15) is 23.6 Å². The molecule has 4 fully saturated rings. The number of rotatable bonds is 9. The Bertz CT molecular complexity index is 2910. The van der Waals surface area contributed by atoms with Crippen LogP contribution in [0.1, 0.15) is 78.5 Å². The standard InChI is InChI=1S/C47H51FN12O4/c1-49-36-25-42(54-60-41(26-51-44(36)60)46(63)52-35-24-33(35)48)58-17-15-32-31(4-3-5-37(32)58)34-23-30(14-16-50-34)57-20-18-56(19-21-57)29-9-6-27(7-10-29)28-8-11-38-40(22-28)55(2)47(64)59(38)39-12-13-43(61)53-45(39)62/h3-5,8,11,14,16,22-23,25-27,29,33,35,39,49H,6-7,9-10,12-13,15,17-21,24H2,1-2H3,(H,52,63)(H,53,61,62)/t27?,29?,33-,35+,39?/m0/s1. The molecule has 0 radical (unpaired) electrons. The zero-order chi connectivity index (χ0) is 43.8. The summed E-state index contributed by atoms with van der Waals surface area (Å²) in [6.07, 6.45) is 8.47. The Labute approximate surface area is 368 Å². The molecule has 2 aromatic carbocycles. The number of aromatic nitrogens is 6. The number of carbonyl (C=O) groups excluding carboxylic acids is 3. The molecule has 5 aliphatic rings. The van der Waals surface area contributed by atoms with E-state index in [0.717, 1.165) is 91.9 Å². The smallest absolute Gasteiger partial charge is 0.329 e. The molecule has 2 aliphatic carbocycles. The average Bonchev–Trinajstić information content (AvgIpc) is 3.59. The third-order valence-corrected chi connectivity index (χ3v) is 14.3. The maximum atomic E-state index is 13.6. The largest absolute Gasteiger partial charge is 0.385 e.